The number of unbranched alkanes of at least 4 members (excludes halogenated alkanes) is 2. The van der Waals surface area contributed by atoms with Crippen molar-refractivity contribution in [2.75, 3.05) is 19.6 Å². The Kier molecular flexibility index (Phi) is 16.3. The van der Waals surface area contributed by atoms with Crippen molar-refractivity contribution in [1.29, 1.82) is 0 Å². The fraction of sp³-hybridized carbons (Fsp3) is 1.00. The van der Waals surface area contributed by atoms with E-state index in [1.54, 1.807) is 0 Å². The molecular weight excluding hydrogens is 146 g/mol. The molecular formula is C11H27N. The third-order valence-electron chi connectivity index (χ3n) is 1.97. The molecule has 0 amide bonds. The molecule has 0 saturated carbocycles. The molecule has 0 aromatic rings. The zero-order valence-corrected chi connectivity index (χ0v) is 9.69. The van der Waals surface area contributed by atoms with Gasteiger partial charge in [0.15, 0.2) is 0 Å². The molecule has 0 aromatic carbocycles. The molecule has 0 aliphatic heterocycles. The molecule has 0 heterocycles. The van der Waals surface area contributed by atoms with E-state index >= 15 is 0 Å². The summed E-state index contributed by atoms with van der Waals surface area (Å²) in [6, 6.07) is 0. The van der Waals surface area contributed by atoms with Crippen LogP contribution in [0.4, 0.5) is 0 Å². The quantitative estimate of drug-likeness (QED) is 0.555. The molecule has 0 saturated heterocycles. The first-order valence-corrected chi connectivity index (χ1v) is 5.57. The van der Waals surface area contributed by atoms with Gasteiger partial charge in [-0.15, -0.1) is 0 Å². The van der Waals surface area contributed by atoms with Gasteiger partial charge in [-0.3, -0.25) is 0 Å². The molecule has 1 nitrogen and oxygen atoms in total. The van der Waals surface area contributed by atoms with E-state index in [9.17, 15) is 0 Å². The van der Waals surface area contributed by atoms with E-state index in [2.05, 4.69) is 25.7 Å². The predicted molar refractivity (Wildman–Crippen MR) is 58.7 cm³/mol. The summed E-state index contributed by atoms with van der Waals surface area (Å²) in [6.07, 6.45) is 4.09. The average Bonchev–Trinajstić information content (AvgIpc) is 2.16. The fourth-order valence-corrected chi connectivity index (χ4v) is 1.13. The first-order valence-electron chi connectivity index (χ1n) is 5.57. The summed E-state index contributed by atoms with van der Waals surface area (Å²) in [5.41, 5.74) is 0. The third kappa shape index (κ3) is 9.96. The van der Waals surface area contributed by atoms with E-state index in [0.29, 0.717) is 0 Å². The van der Waals surface area contributed by atoms with Gasteiger partial charge >= 0.3 is 0 Å². The highest BCUT2D eigenvalue weighted by atomic mass is 15.1. The smallest absolute Gasteiger partial charge is 0.00190 e. The third-order valence-corrected chi connectivity index (χ3v) is 1.97. The zero-order chi connectivity index (χ0) is 9.82. The molecule has 1 heteroatoms. The summed E-state index contributed by atoms with van der Waals surface area (Å²) < 4.78 is 0. The Bertz CT molecular complexity index is 58.0. The van der Waals surface area contributed by atoms with Gasteiger partial charge in [-0.25, -0.2) is 0 Å². The first-order chi connectivity index (χ1) is 5.85. The van der Waals surface area contributed by atoms with E-state index < -0.39 is 0 Å². The van der Waals surface area contributed by atoms with Crippen LogP contribution in [0.2, 0.25) is 0 Å². The second-order valence-corrected chi connectivity index (χ2v) is 2.73. The van der Waals surface area contributed by atoms with Crippen molar-refractivity contribution in [2.45, 2.75) is 53.9 Å². The monoisotopic (exact) mass is 173 g/mol. The summed E-state index contributed by atoms with van der Waals surface area (Å²) >= 11 is 0. The van der Waals surface area contributed by atoms with E-state index in [1.807, 2.05) is 13.8 Å². The van der Waals surface area contributed by atoms with Gasteiger partial charge in [-0.2, -0.15) is 0 Å². The predicted octanol–water partition coefficient (Wildman–Crippen LogP) is 3.54. The Balaban J connectivity index is 0. The summed E-state index contributed by atoms with van der Waals surface area (Å²) in [6.45, 7) is 14.4. The highest BCUT2D eigenvalue weighted by Crippen LogP contribution is 1.96. The molecule has 0 rings (SSSR count). The van der Waals surface area contributed by atoms with Crippen molar-refractivity contribution in [2.24, 2.45) is 0 Å². The Morgan fingerprint density at radius 2 is 1.33 bits per heavy atom. The topological polar surface area (TPSA) is 3.24 Å². The molecule has 0 radical (unpaired) electrons. The summed E-state index contributed by atoms with van der Waals surface area (Å²) in [4.78, 5) is 2.48. The largest absolute Gasteiger partial charge is 0.304 e. The zero-order valence-electron chi connectivity index (χ0n) is 9.69. The number of hydrogen-bond donors (Lipinski definition) is 0. The van der Waals surface area contributed by atoms with Crippen LogP contribution in [-0.4, -0.2) is 24.5 Å². The van der Waals surface area contributed by atoms with Gasteiger partial charge in [-0.05, 0) is 26.1 Å². The van der Waals surface area contributed by atoms with Crippen LogP contribution in [0.1, 0.15) is 53.9 Å². The van der Waals surface area contributed by atoms with Gasteiger partial charge in [0.2, 0.25) is 0 Å². The van der Waals surface area contributed by atoms with Crippen LogP contribution in [0.3, 0.4) is 0 Å². The van der Waals surface area contributed by atoms with Gasteiger partial charge < -0.3 is 4.90 Å². The van der Waals surface area contributed by atoms with Gasteiger partial charge in [0.25, 0.3) is 0 Å². The van der Waals surface area contributed by atoms with Crippen molar-refractivity contribution in [1.82, 2.24) is 4.90 Å². The molecule has 0 aliphatic rings. The maximum atomic E-state index is 2.48. The van der Waals surface area contributed by atoms with E-state index in [1.165, 1.54) is 38.9 Å². The Labute approximate surface area is 79.2 Å². The minimum absolute atomic E-state index is 1.21. The van der Waals surface area contributed by atoms with Crippen LogP contribution in [-0.2, 0) is 0 Å². The maximum Gasteiger partial charge on any atom is -0.00190 e. The Morgan fingerprint density at radius 1 is 0.833 bits per heavy atom. The van der Waals surface area contributed by atoms with E-state index in [0.717, 1.165) is 0 Å². The van der Waals surface area contributed by atoms with Crippen LogP contribution >= 0.6 is 0 Å². The molecule has 0 N–H and O–H groups in total. The summed E-state index contributed by atoms with van der Waals surface area (Å²) in [5, 5.41) is 0. The molecule has 12 heavy (non-hydrogen) atoms. The standard InChI is InChI=1S/C9H21N.C2H6/c1-4-7-8-9-10(5-2)6-3;1-2/h4-9H2,1-3H3;1-2H3. The normalized spacial score (nSPS) is 9.50. The van der Waals surface area contributed by atoms with Crippen molar-refractivity contribution >= 4 is 0 Å². The Hall–Kier alpha value is -0.0400. The van der Waals surface area contributed by atoms with Crippen LogP contribution in [0.15, 0.2) is 0 Å². The fourth-order valence-electron chi connectivity index (χ4n) is 1.13. The number of rotatable bonds is 6. The van der Waals surface area contributed by atoms with Gasteiger partial charge in [0, 0.05) is 0 Å². The van der Waals surface area contributed by atoms with Gasteiger partial charge in [0.05, 0.1) is 0 Å². The minimum Gasteiger partial charge on any atom is -0.304 e. The number of nitrogens with zero attached hydrogens (tertiary/aromatic N) is 1. The summed E-state index contributed by atoms with van der Waals surface area (Å²) in [7, 11) is 0. The molecule has 76 valence electrons. The van der Waals surface area contributed by atoms with Crippen LogP contribution < -0.4 is 0 Å². The van der Waals surface area contributed by atoms with Crippen LogP contribution in [0.25, 0.3) is 0 Å². The van der Waals surface area contributed by atoms with E-state index in [4.69, 9.17) is 0 Å². The lowest BCUT2D eigenvalue weighted by Gasteiger charge is -2.16. The van der Waals surface area contributed by atoms with Crippen molar-refractivity contribution in [3.63, 3.8) is 0 Å². The van der Waals surface area contributed by atoms with Crippen molar-refractivity contribution in [3.05, 3.63) is 0 Å². The first kappa shape index (κ1) is 14.5. The van der Waals surface area contributed by atoms with Gasteiger partial charge in [-0.1, -0.05) is 47.5 Å². The molecule has 0 aromatic heterocycles. The second-order valence-electron chi connectivity index (χ2n) is 2.73. The number of hydrogen-bond acceptors (Lipinski definition) is 1. The van der Waals surface area contributed by atoms with Crippen molar-refractivity contribution < 1.29 is 0 Å². The highest BCUT2D eigenvalue weighted by Gasteiger charge is 1.95. The lowest BCUT2D eigenvalue weighted by Crippen LogP contribution is -2.23. The SMILES string of the molecule is CC.CCCCCN(CC)CC. The molecule has 0 atom stereocenters. The molecule has 0 unspecified atom stereocenters. The highest BCUT2D eigenvalue weighted by molar-refractivity contribution is 4.51. The maximum absolute atomic E-state index is 2.48. The van der Waals surface area contributed by atoms with Crippen LogP contribution in [0, 0.1) is 0 Å². The lowest BCUT2D eigenvalue weighted by molar-refractivity contribution is 0.296. The van der Waals surface area contributed by atoms with Crippen molar-refractivity contribution in [3.8, 4) is 0 Å². The molecule has 0 fully saturated rings. The average molecular weight is 173 g/mol. The molecule has 0 aliphatic carbocycles. The summed E-state index contributed by atoms with van der Waals surface area (Å²) in [5.74, 6) is 0. The van der Waals surface area contributed by atoms with Crippen LogP contribution in [0.5, 0.6) is 0 Å². The molecule has 0 bridgehead atoms. The Morgan fingerprint density at radius 3 is 1.67 bits per heavy atom. The lowest BCUT2D eigenvalue weighted by atomic mass is 10.2. The minimum atomic E-state index is 1.21. The molecule has 0 spiro atoms. The van der Waals surface area contributed by atoms with E-state index in [-0.39, 0.29) is 0 Å². The second kappa shape index (κ2) is 13.5. The van der Waals surface area contributed by atoms with Gasteiger partial charge in [0.1, 0.15) is 0 Å².